The Kier molecular flexibility index (Phi) is 30.6. The monoisotopic (exact) mass is 531 g/mol. The Morgan fingerprint density at radius 3 is 0.700 bits per heavy atom. The van der Waals surface area contributed by atoms with E-state index in [1.807, 2.05) is 0 Å². The summed E-state index contributed by atoms with van der Waals surface area (Å²) in [5.41, 5.74) is 0. The van der Waals surface area contributed by atoms with Crippen LogP contribution < -0.4 is 0 Å². The molecule has 0 bridgehead atoms. The van der Waals surface area contributed by atoms with Crippen molar-refractivity contribution >= 4 is 84.9 Å². The van der Waals surface area contributed by atoms with Crippen LogP contribution in [0.15, 0.2) is 0 Å². The maximum absolute atomic E-state index is 5.16. The van der Waals surface area contributed by atoms with Gasteiger partial charge in [-0.1, -0.05) is 92.7 Å². The van der Waals surface area contributed by atoms with Gasteiger partial charge in [0.25, 0.3) is 0 Å². The molecule has 0 spiro atoms. The average Bonchev–Trinajstić information content (AvgIpc) is 2.72. The molecule has 0 unspecified atom stereocenters. The van der Waals surface area contributed by atoms with Crippen LogP contribution in [-0.4, -0.2) is 84.2 Å². The van der Waals surface area contributed by atoms with Crippen LogP contribution in [-0.2, 0) is 0 Å². The number of nitrogens with zero attached hydrogens (tertiary/aromatic N) is 3. The van der Waals surface area contributed by atoms with Crippen LogP contribution in [0.3, 0.4) is 0 Å². The van der Waals surface area contributed by atoms with Crippen molar-refractivity contribution in [2.75, 3.05) is 56.5 Å². The van der Waals surface area contributed by atoms with Gasteiger partial charge in [-0.3, -0.25) is 0 Å². The third kappa shape index (κ3) is 19.4. The summed E-state index contributed by atoms with van der Waals surface area (Å²) in [5.74, 6) is 3.24. The highest BCUT2D eigenvalue weighted by Gasteiger charge is 2.04. The topological polar surface area (TPSA) is 9.72 Å². The molecule has 0 aromatic rings. The summed E-state index contributed by atoms with van der Waals surface area (Å²) in [6.07, 6.45) is 0. The van der Waals surface area contributed by atoms with Crippen LogP contribution >= 0.6 is 71.9 Å². The van der Waals surface area contributed by atoms with Gasteiger partial charge in [0.2, 0.25) is 0 Å². The minimum Gasteiger partial charge on any atom is -0.358 e. The standard InChI is InChI=1S/3C7H15NS2/c3*1-4-8(5-2)7(9)10-6-3/h3*4-6H2,1-3H3. The van der Waals surface area contributed by atoms with Gasteiger partial charge in [0.1, 0.15) is 13.0 Å². The first-order valence-electron chi connectivity index (χ1n) is 11.0. The number of thiocarbonyl (C=S) groups is 3. The molecule has 0 rings (SSSR count). The summed E-state index contributed by atoms with van der Waals surface area (Å²) in [4.78, 5) is 6.59. The first kappa shape index (κ1) is 35.3. The second-order valence-corrected chi connectivity index (χ2v) is 11.3. The van der Waals surface area contributed by atoms with Crippen molar-refractivity contribution in [3.63, 3.8) is 0 Å². The largest absolute Gasteiger partial charge is 0.358 e. The second-order valence-electron chi connectivity index (χ2n) is 5.61. The fourth-order valence-corrected chi connectivity index (χ4v) is 5.99. The predicted octanol–water partition coefficient (Wildman–Crippen LogP) is 7.10. The van der Waals surface area contributed by atoms with E-state index in [-0.39, 0.29) is 0 Å². The number of hydrogen-bond donors (Lipinski definition) is 0. The zero-order chi connectivity index (χ0) is 23.9. The van der Waals surface area contributed by atoms with Crippen molar-refractivity contribution in [2.24, 2.45) is 0 Å². The van der Waals surface area contributed by atoms with Crippen LogP contribution in [0.25, 0.3) is 0 Å². The molecule has 0 atom stereocenters. The third-order valence-electron chi connectivity index (χ3n) is 3.87. The van der Waals surface area contributed by atoms with E-state index in [0.29, 0.717) is 0 Å². The molecule has 0 fully saturated rings. The maximum atomic E-state index is 5.16. The van der Waals surface area contributed by atoms with Crippen molar-refractivity contribution in [2.45, 2.75) is 62.3 Å². The molecule has 0 aliphatic rings. The van der Waals surface area contributed by atoms with Crippen molar-refractivity contribution in [1.29, 1.82) is 0 Å². The van der Waals surface area contributed by atoms with Crippen LogP contribution in [0, 0.1) is 0 Å². The molecule has 9 heteroatoms. The molecule has 0 aliphatic heterocycles. The molecule has 0 saturated carbocycles. The Labute approximate surface area is 217 Å². The molecule has 0 aromatic heterocycles. The summed E-state index contributed by atoms with van der Waals surface area (Å²) in [7, 11) is 0. The molecule has 180 valence electrons. The highest BCUT2D eigenvalue weighted by atomic mass is 32.2. The minimum absolute atomic E-state index is 1.03. The first-order valence-corrected chi connectivity index (χ1v) is 15.2. The van der Waals surface area contributed by atoms with E-state index in [9.17, 15) is 0 Å². The van der Waals surface area contributed by atoms with Crippen LogP contribution in [0.2, 0.25) is 0 Å². The van der Waals surface area contributed by atoms with E-state index in [1.165, 1.54) is 0 Å². The van der Waals surface area contributed by atoms with E-state index < -0.39 is 0 Å². The normalized spacial score (nSPS) is 9.50. The molecule has 30 heavy (non-hydrogen) atoms. The maximum Gasteiger partial charge on any atom is 0.136 e. The third-order valence-corrected chi connectivity index (χ3v) is 8.09. The summed E-state index contributed by atoms with van der Waals surface area (Å²) in [6, 6.07) is 0. The first-order chi connectivity index (χ1) is 14.3. The second kappa shape index (κ2) is 26.0. The fourth-order valence-electron chi connectivity index (χ4n) is 2.09. The van der Waals surface area contributed by atoms with Gasteiger partial charge in [-0.05, 0) is 58.8 Å². The van der Waals surface area contributed by atoms with E-state index in [0.717, 1.165) is 69.5 Å². The van der Waals surface area contributed by atoms with Crippen molar-refractivity contribution in [1.82, 2.24) is 14.7 Å². The number of hydrogen-bond acceptors (Lipinski definition) is 6. The smallest absolute Gasteiger partial charge is 0.136 e. The minimum atomic E-state index is 1.03. The molecule has 0 saturated heterocycles. The van der Waals surface area contributed by atoms with Gasteiger partial charge in [0.05, 0.1) is 0 Å². The summed E-state index contributed by atoms with van der Waals surface area (Å²) in [6.45, 7) is 25.3. The van der Waals surface area contributed by atoms with Crippen molar-refractivity contribution < 1.29 is 0 Å². The van der Waals surface area contributed by atoms with Crippen molar-refractivity contribution in [3.05, 3.63) is 0 Å². The Morgan fingerprint density at radius 1 is 0.433 bits per heavy atom. The van der Waals surface area contributed by atoms with Crippen LogP contribution in [0.1, 0.15) is 62.3 Å². The number of rotatable bonds is 9. The zero-order valence-electron chi connectivity index (χ0n) is 20.7. The van der Waals surface area contributed by atoms with E-state index in [1.54, 1.807) is 35.3 Å². The van der Waals surface area contributed by atoms with Crippen LogP contribution in [0.5, 0.6) is 0 Å². The van der Waals surface area contributed by atoms with Gasteiger partial charge in [-0.15, -0.1) is 0 Å². The Balaban J connectivity index is -0.000000364. The molecule has 0 aliphatic carbocycles. The van der Waals surface area contributed by atoms with Gasteiger partial charge < -0.3 is 14.7 Å². The quantitative estimate of drug-likeness (QED) is 0.286. The van der Waals surface area contributed by atoms with E-state index >= 15 is 0 Å². The zero-order valence-corrected chi connectivity index (χ0v) is 25.6. The van der Waals surface area contributed by atoms with Gasteiger partial charge in [0.15, 0.2) is 0 Å². The van der Waals surface area contributed by atoms with Crippen LogP contribution in [0.4, 0.5) is 0 Å². The van der Waals surface area contributed by atoms with Gasteiger partial charge in [0, 0.05) is 39.3 Å². The number of thioether (sulfide) groups is 3. The summed E-state index contributed by atoms with van der Waals surface area (Å²) < 4.78 is 3.10. The SMILES string of the molecule is CCSC(=S)N(CC)CC.CCSC(=S)N(CC)CC.CCSC(=S)N(CC)CC. The lowest BCUT2D eigenvalue weighted by molar-refractivity contribution is 0.482. The Morgan fingerprint density at radius 2 is 0.600 bits per heavy atom. The molecular weight excluding hydrogens is 487 g/mol. The highest BCUT2D eigenvalue weighted by molar-refractivity contribution is 8.23. The Hall–Kier alpha value is 0.720. The molecule has 0 radical (unpaired) electrons. The lowest BCUT2D eigenvalue weighted by Gasteiger charge is -2.20. The predicted molar refractivity (Wildman–Crippen MR) is 161 cm³/mol. The summed E-state index contributed by atoms with van der Waals surface area (Å²) >= 11 is 20.7. The highest BCUT2D eigenvalue weighted by Crippen LogP contribution is 2.09. The van der Waals surface area contributed by atoms with Crippen molar-refractivity contribution in [3.8, 4) is 0 Å². The summed E-state index contributed by atoms with van der Waals surface area (Å²) in [5, 5.41) is 0. The van der Waals surface area contributed by atoms with Gasteiger partial charge in [-0.2, -0.15) is 0 Å². The fraction of sp³-hybridized carbons (Fsp3) is 0.857. The average molecular weight is 532 g/mol. The lowest BCUT2D eigenvalue weighted by Crippen LogP contribution is -2.26. The lowest BCUT2D eigenvalue weighted by atomic mass is 10.6. The molecule has 3 nitrogen and oxygen atoms in total. The van der Waals surface area contributed by atoms with E-state index in [4.69, 9.17) is 36.7 Å². The molecule has 0 heterocycles. The molecule has 0 amide bonds. The Bertz CT molecular complexity index is 361. The van der Waals surface area contributed by atoms with Gasteiger partial charge in [-0.25, -0.2) is 0 Å². The molecular formula is C21H45N3S6. The van der Waals surface area contributed by atoms with Gasteiger partial charge >= 0.3 is 0 Å². The molecule has 0 N–H and O–H groups in total. The molecule has 0 aromatic carbocycles. The van der Waals surface area contributed by atoms with E-state index in [2.05, 4.69) is 77.0 Å².